The van der Waals surface area contributed by atoms with Crippen molar-refractivity contribution in [2.24, 2.45) is 11.8 Å². The summed E-state index contributed by atoms with van der Waals surface area (Å²) in [5.74, 6) is -0.691. The molecule has 1 heterocycles. The van der Waals surface area contributed by atoms with Gasteiger partial charge in [0.05, 0.1) is 24.0 Å². The van der Waals surface area contributed by atoms with Crippen LogP contribution < -0.4 is 5.32 Å². The third kappa shape index (κ3) is 4.66. The molecule has 0 radical (unpaired) electrons. The van der Waals surface area contributed by atoms with E-state index in [1.807, 2.05) is 6.92 Å². The van der Waals surface area contributed by atoms with E-state index in [0.717, 1.165) is 6.42 Å². The standard InChI is InChI=1S/C18H24N2O6S/c1-12-10-16(12)18(22)26-13(2)17(21)19-14-4-3-5-15(11-14)27(23,24)20-6-8-25-9-7-20/h3-5,11-13,16H,6-10H2,1-2H3,(H,19,21). The molecular formula is C18H24N2O6S. The number of hydrogen-bond donors (Lipinski definition) is 1. The number of amides is 1. The third-order valence-corrected chi connectivity index (χ3v) is 6.68. The molecule has 1 aliphatic carbocycles. The Balaban J connectivity index is 1.64. The number of esters is 1. The maximum atomic E-state index is 12.7. The minimum absolute atomic E-state index is 0.0960. The number of benzene rings is 1. The summed E-state index contributed by atoms with van der Waals surface area (Å²) in [5.41, 5.74) is 0.331. The zero-order chi connectivity index (χ0) is 19.6. The molecule has 2 fully saturated rings. The van der Waals surface area contributed by atoms with Crippen LogP contribution in [0.2, 0.25) is 0 Å². The third-order valence-electron chi connectivity index (χ3n) is 4.78. The maximum absolute atomic E-state index is 12.7. The molecule has 27 heavy (non-hydrogen) atoms. The minimum Gasteiger partial charge on any atom is -0.452 e. The smallest absolute Gasteiger partial charge is 0.309 e. The van der Waals surface area contributed by atoms with Gasteiger partial charge in [0.1, 0.15) is 0 Å². The van der Waals surface area contributed by atoms with Crippen LogP contribution in [0, 0.1) is 11.8 Å². The van der Waals surface area contributed by atoms with E-state index in [1.165, 1.54) is 23.4 Å². The molecule has 1 N–H and O–H groups in total. The second-order valence-corrected chi connectivity index (χ2v) is 8.87. The van der Waals surface area contributed by atoms with Crippen LogP contribution in [0.15, 0.2) is 29.2 Å². The fourth-order valence-electron chi connectivity index (χ4n) is 2.88. The molecule has 3 atom stereocenters. The number of morpholine rings is 1. The highest BCUT2D eigenvalue weighted by molar-refractivity contribution is 7.89. The fourth-order valence-corrected chi connectivity index (χ4v) is 4.33. The van der Waals surface area contributed by atoms with Gasteiger partial charge >= 0.3 is 5.97 Å². The monoisotopic (exact) mass is 396 g/mol. The SMILES string of the molecule is CC(OC(=O)C1CC1C)C(=O)Nc1cccc(S(=O)(=O)N2CCOCC2)c1. The molecule has 8 nitrogen and oxygen atoms in total. The van der Waals surface area contributed by atoms with E-state index in [4.69, 9.17) is 9.47 Å². The summed E-state index contributed by atoms with van der Waals surface area (Å²) in [6.45, 7) is 4.76. The van der Waals surface area contributed by atoms with Gasteiger partial charge in [-0.1, -0.05) is 13.0 Å². The maximum Gasteiger partial charge on any atom is 0.309 e. The molecule has 0 bridgehead atoms. The van der Waals surface area contributed by atoms with Crippen molar-refractivity contribution in [1.82, 2.24) is 4.31 Å². The van der Waals surface area contributed by atoms with Gasteiger partial charge in [0.2, 0.25) is 10.0 Å². The van der Waals surface area contributed by atoms with Gasteiger partial charge in [-0.05, 0) is 37.5 Å². The van der Waals surface area contributed by atoms with Crippen LogP contribution in [-0.4, -0.2) is 57.0 Å². The molecule has 0 aromatic heterocycles. The van der Waals surface area contributed by atoms with Crippen molar-refractivity contribution in [1.29, 1.82) is 0 Å². The minimum atomic E-state index is -3.65. The molecule has 0 spiro atoms. The molecule has 148 valence electrons. The van der Waals surface area contributed by atoms with Crippen LogP contribution in [-0.2, 0) is 29.1 Å². The van der Waals surface area contributed by atoms with Gasteiger partial charge in [-0.25, -0.2) is 8.42 Å². The average molecular weight is 396 g/mol. The number of carbonyl (C=O) groups is 2. The second kappa shape index (κ2) is 7.95. The predicted octanol–water partition coefficient (Wildman–Crippen LogP) is 1.23. The summed E-state index contributed by atoms with van der Waals surface area (Å²) >= 11 is 0. The molecule has 2 aliphatic rings. The van der Waals surface area contributed by atoms with Crippen molar-refractivity contribution < 1.29 is 27.5 Å². The Morgan fingerprint density at radius 1 is 1.30 bits per heavy atom. The first-order chi connectivity index (χ1) is 12.8. The van der Waals surface area contributed by atoms with Crippen LogP contribution >= 0.6 is 0 Å². The van der Waals surface area contributed by atoms with Gasteiger partial charge in [-0.3, -0.25) is 9.59 Å². The van der Waals surface area contributed by atoms with E-state index in [0.29, 0.717) is 37.9 Å². The topological polar surface area (TPSA) is 102 Å². The summed E-state index contributed by atoms with van der Waals surface area (Å²) in [4.78, 5) is 24.2. The Hall–Kier alpha value is -1.97. The summed E-state index contributed by atoms with van der Waals surface area (Å²) in [7, 11) is -3.65. The number of rotatable bonds is 6. The Bertz CT molecular complexity index is 819. The lowest BCUT2D eigenvalue weighted by Gasteiger charge is -2.26. The number of anilines is 1. The van der Waals surface area contributed by atoms with Crippen molar-refractivity contribution in [3.63, 3.8) is 0 Å². The van der Waals surface area contributed by atoms with Crippen LogP contribution in [0.25, 0.3) is 0 Å². The molecule has 3 unspecified atom stereocenters. The Morgan fingerprint density at radius 3 is 2.59 bits per heavy atom. The Morgan fingerprint density at radius 2 is 1.96 bits per heavy atom. The molecule has 3 rings (SSSR count). The molecule has 1 saturated heterocycles. The number of carbonyl (C=O) groups excluding carboxylic acids is 2. The van der Waals surface area contributed by atoms with Gasteiger partial charge in [0, 0.05) is 18.8 Å². The molecule has 1 amide bonds. The lowest BCUT2D eigenvalue weighted by molar-refractivity contribution is -0.154. The number of hydrogen-bond acceptors (Lipinski definition) is 6. The van der Waals surface area contributed by atoms with E-state index < -0.39 is 22.0 Å². The quantitative estimate of drug-likeness (QED) is 0.726. The summed E-state index contributed by atoms with van der Waals surface area (Å²) in [5, 5.41) is 2.61. The van der Waals surface area contributed by atoms with Crippen molar-refractivity contribution in [2.75, 3.05) is 31.6 Å². The van der Waals surface area contributed by atoms with Gasteiger partial charge in [-0.15, -0.1) is 0 Å². The first-order valence-electron chi connectivity index (χ1n) is 8.98. The van der Waals surface area contributed by atoms with Crippen LogP contribution in [0.5, 0.6) is 0 Å². The lowest BCUT2D eigenvalue weighted by Crippen LogP contribution is -2.40. The average Bonchev–Trinajstić information content (AvgIpc) is 3.39. The van der Waals surface area contributed by atoms with Crippen LogP contribution in [0.4, 0.5) is 5.69 Å². The normalized spacial score (nSPS) is 24.1. The number of ether oxygens (including phenoxy) is 2. The highest BCUT2D eigenvalue weighted by Crippen LogP contribution is 2.38. The zero-order valence-electron chi connectivity index (χ0n) is 15.4. The molecule has 9 heteroatoms. The molecule has 1 aromatic carbocycles. The Labute approximate surface area is 158 Å². The summed E-state index contributed by atoms with van der Waals surface area (Å²) in [6.07, 6.45) is -0.168. The number of nitrogens with zero attached hydrogens (tertiary/aromatic N) is 1. The van der Waals surface area contributed by atoms with E-state index in [1.54, 1.807) is 12.1 Å². The molecule has 1 aromatic rings. The number of sulfonamides is 1. The van der Waals surface area contributed by atoms with E-state index in [9.17, 15) is 18.0 Å². The summed E-state index contributed by atoms with van der Waals surface area (Å²) < 4.78 is 37.1. The van der Waals surface area contributed by atoms with Crippen LogP contribution in [0.3, 0.4) is 0 Å². The van der Waals surface area contributed by atoms with E-state index >= 15 is 0 Å². The summed E-state index contributed by atoms with van der Waals surface area (Å²) in [6, 6.07) is 6.04. The van der Waals surface area contributed by atoms with Crippen molar-refractivity contribution in [3.8, 4) is 0 Å². The molecule has 1 aliphatic heterocycles. The lowest BCUT2D eigenvalue weighted by atomic mass is 10.3. The van der Waals surface area contributed by atoms with Gasteiger partial charge < -0.3 is 14.8 Å². The largest absolute Gasteiger partial charge is 0.452 e. The van der Waals surface area contributed by atoms with Crippen LogP contribution in [0.1, 0.15) is 20.3 Å². The highest BCUT2D eigenvalue weighted by atomic mass is 32.2. The number of nitrogens with one attached hydrogen (secondary N) is 1. The van der Waals surface area contributed by atoms with Gasteiger partial charge in [0.15, 0.2) is 6.10 Å². The zero-order valence-corrected chi connectivity index (χ0v) is 16.2. The predicted molar refractivity (Wildman–Crippen MR) is 97.5 cm³/mol. The molecular weight excluding hydrogens is 372 g/mol. The highest BCUT2D eigenvalue weighted by Gasteiger charge is 2.41. The first kappa shape index (κ1) is 19.8. The van der Waals surface area contributed by atoms with Gasteiger partial charge in [-0.2, -0.15) is 4.31 Å². The van der Waals surface area contributed by atoms with Gasteiger partial charge in [0.25, 0.3) is 5.91 Å². The second-order valence-electron chi connectivity index (χ2n) is 6.93. The van der Waals surface area contributed by atoms with Crippen molar-refractivity contribution in [2.45, 2.75) is 31.3 Å². The first-order valence-corrected chi connectivity index (χ1v) is 10.4. The van der Waals surface area contributed by atoms with E-state index in [-0.39, 0.29) is 16.8 Å². The molecule has 1 saturated carbocycles. The Kier molecular flexibility index (Phi) is 5.83. The van der Waals surface area contributed by atoms with Crippen molar-refractivity contribution >= 4 is 27.6 Å². The van der Waals surface area contributed by atoms with E-state index in [2.05, 4.69) is 5.32 Å². The fraction of sp³-hybridized carbons (Fsp3) is 0.556. The van der Waals surface area contributed by atoms with Crippen molar-refractivity contribution in [3.05, 3.63) is 24.3 Å².